The summed E-state index contributed by atoms with van der Waals surface area (Å²) in [5.74, 6) is 0.105. The van der Waals surface area contributed by atoms with Crippen LogP contribution in [0.25, 0.3) is 0 Å². The van der Waals surface area contributed by atoms with Gasteiger partial charge in [0, 0.05) is 24.1 Å². The van der Waals surface area contributed by atoms with E-state index in [1.54, 1.807) is 0 Å². The fourth-order valence-corrected chi connectivity index (χ4v) is 3.54. The van der Waals surface area contributed by atoms with Crippen molar-refractivity contribution in [2.24, 2.45) is 0 Å². The predicted molar refractivity (Wildman–Crippen MR) is 81.9 cm³/mol. The van der Waals surface area contributed by atoms with E-state index in [1.165, 1.54) is 12.1 Å². The Morgan fingerprint density at radius 3 is 2.48 bits per heavy atom. The summed E-state index contributed by atoms with van der Waals surface area (Å²) < 4.78 is 75.4. The average molecular weight is 381 g/mol. The first-order chi connectivity index (χ1) is 11.5. The third-order valence-electron chi connectivity index (χ3n) is 4.37. The van der Waals surface area contributed by atoms with Gasteiger partial charge in [-0.05, 0) is 18.2 Å². The van der Waals surface area contributed by atoms with Gasteiger partial charge in [0.05, 0.1) is 13.2 Å². The maximum Gasteiger partial charge on any atom is 0.534 e. The SMILES string of the molecule is CC1(C)c2cc(OS(=O)(=O)C(F)(F)F)ccc2OC1N1CCOCC1. The van der Waals surface area contributed by atoms with E-state index >= 15 is 0 Å². The molecule has 2 aliphatic heterocycles. The molecule has 1 aromatic carbocycles. The quantitative estimate of drug-likeness (QED) is 0.591. The van der Waals surface area contributed by atoms with Crippen LogP contribution in [0, 0.1) is 0 Å². The maximum absolute atomic E-state index is 12.5. The summed E-state index contributed by atoms with van der Waals surface area (Å²) in [4.78, 5) is 2.09. The van der Waals surface area contributed by atoms with Crippen LogP contribution < -0.4 is 8.92 Å². The zero-order valence-electron chi connectivity index (χ0n) is 13.7. The first-order valence-electron chi connectivity index (χ1n) is 7.66. The van der Waals surface area contributed by atoms with Crippen LogP contribution in [0.4, 0.5) is 13.2 Å². The van der Waals surface area contributed by atoms with Gasteiger partial charge in [0.15, 0.2) is 6.23 Å². The number of rotatable bonds is 3. The molecule has 1 unspecified atom stereocenters. The van der Waals surface area contributed by atoms with Gasteiger partial charge in [-0.15, -0.1) is 0 Å². The molecule has 25 heavy (non-hydrogen) atoms. The van der Waals surface area contributed by atoms with Crippen molar-refractivity contribution in [3.05, 3.63) is 23.8 Å². The molecule has 0 bridgehead atoms. The molecule has 1 saturated heterocycles. The van der Waals surface area contributed by atoms with Crippen LogP contribution in [-0.4, -0.2) is 51.4 Å². The minimum atomic E-state index is -5.71. The summed E-state index contributed by atoms with van der Waals surface area (Å²) in [5.41, 5.74) is -5.44. The number of nitrogens with zero attached hydrogens (tertiary/aromatic N) is 1. The highest BCUT2D eigenvalue weighted by atomic mass is 32.2. The molecule has 2 aliphatic rings. The number of benzene rings is 1. The first-order valence-corrected chi connectivity index (χ1v) is 9.07. The second kappa shape index (κ2) is 6.03. The zero-order chi connectivity index (χ0) is 18.5. The Morgan fingerprint density at radius 2 is 1.88 bits per heavy atom. The van der Waals surface area contributed by atoms with Crippen molar-refractivity contribution in [2.75, 3.05) is 26.3 Å². The summed E-state index contributed by atoms with van der Waals surface area (Å²) in [6, 6.07) is 3.87. The molecule has 0 aliphatic carbocycles. The molecule has 1 aromatic rings. The maximum atomic E-state index is 12.5. The van der Waals surface area contributed by atoms with E-state index in [0.29, 0.717) is 37.6 Å². The Kier molecular flexibility index (Phi) is 4.41. The van der Waals surface area contributed by atoms with Gasteiger partial charge in [-0.2, -0.15) is 21.6 Å². The van der Waals surface area contributed by atoms with Crippen molar-refractivity contribution < 1.29 is 35.2 Å². The Balaban J connectivity index is 1.87. The minimum Gasteiger partial charge on any atom is -0.474 e. The molecule has 2 heterocycles. The third-order valence-corrected chi connectivity index (χ3v) is 5.35. The fraction of sp³-hybridized carbons (Fsp3) is 0.600. The second-order valence-corrected chi connectivity index (χ2v) is 8.02. The highest BCUT2D eigenvalue weighted by molar-refractivity contribution is 7.88. The standard InChI is InChI=1S/C15H18F3NO5S/c1-14(2)11-9-10(24-25(20,21)15(16,17)18)3-4-12(11)23-13(14)19-5-7-22-8-6-19/h3-4,9,13H,5-8H2,1-2H3. The van der Waals surface area contributed by atoms with E-state index in [1.807, 2.05) is 13.8 Å². The van der Waals surface area contributed by atoms with Gasteiger partial charge < -0.3 is 13.7 Å². The molecule has 0 radical (unpaired) electrons. The average Bonchev–Trinajstić information content (AvgIpc) is 2.78. The molecule has 140 valence electrons. The molecule has 1 fully saturated rings. The predicted octanol–water partition coefficient (Wildman–Crippen LogP) is 2.24. The van der Waals surface area contributed by atoms with Gasteiger partial charge in [-0.3, -0.25) is 4.90 Å². The van der Waals surface area contributed by atoms with Crippen molar-refractivity contribution in [2.45, 2.75) is 31.0 Å². The lowest BCUT2D eigenvalue weighted by atomic mass is 9.83. The van der Waals surface area contributed by atoms with Crippen LogP contribution in [-0.2, 0) is 20.3 Å². The molecule has 0 amide bonds. The second-order valence-electron chi connectivity index (χ2n) is 6.48. The molecule has 0 spiro atoms. The van der Waals surface area contributed by atoms with Crippen LogP contribution in [0.15, 0.2) is 18.2 Å². The van der Waals surface area contributed by atoms with Gasteiger partial charge in [-0.1, -0.05) is 13.8 Å². The van der Waals surface area contributed by atoms with Crippen LogP contribution in [0.5, 0.6) is 11.5 Å². The third kappa shape index (κ3) is 3.30. The zero-order valence-corrected chi connectivity index (χ0v) is 14.5. The lowest BCUT2D eigenvalue weighted by molar-refractivity contribution is -0.0612. The number of hydrogen-bond acceptors (Lipinski definition) is 6. The first kappa shape index (κ1) is 18.3. The Labute approximate surface area is 143 Å². The van der Waals surface area contributed by atoms with Crippen molar-refractivity contribution in [1.29, 1.82) is 0 Å². The Morgan fingerprint density at radius 1 is 1.24 bits per heavy atom. The van der Waals surface area contributed by atoms with Gasteiger partial charge >= 0.3 is 15.6 Å². The molecular formula is C15H18F3NO5S. The summed E-state index contributed by atoms with van der Waals surface area (Å²) in [6.07, 6.45) is -0.319. The van der Waals surface area contributed by atoms with E-state index < -0.39 is 26.8 Å². The normalized spacial score (nSPS) is 23.8. The molecule has 0 aromatic heterocycles. The Hall–Kier alpha value is -1.52. The van der Waals surface area contributed by atoms with E-state index in [9.17, 15) is 21.6 Å². The smallest absolute Gasteiger partial charge is 0.474 e. The van der Waals surface area contributed by atoms with Crippen LogP contribution >= 0.6 is 0 Å². The summed E-state index contributed by atoms with van der Waals surface area (Å²) >= 11 is 0. The molecule has 10 heteroatoms. The van der Waals surface area contributed by atoms with Crippen molar-refractivity contribution in [1.82, 2.24) is 4.90 Å². The van der Waals surface area contributed by atoms with Crippen molar-refractivity contribution in [3.63, 3.8) is 0 Å². The monoisotopic (exact) mass is 381 g/mol. The van der Waals surface area contributed by atoms with E-state index in [2.05, 4.69) is 9.08 Å². The molecule has 6 nitrogen and oxygen atoms in total. The van der Waals surface area contributed by atoms with Crippen LogP contribution in [0.3, 0.4) is 0 Å². The lowest BCUT2D eigenvalue weighted by Crippen LogP contribution is -2.52. The molecular weight excluding hydrogens is 363 g/mol. The Bertz CT molecular complexity index is 757. The summed E-state index contributed by atoms with van der Waals surface area (Å²) in [5, 5.41) is 0. The molecule has 0 saturated carbocycles. The fourth-order valence-electron chi connectivity index (χ4n) is 3.08. The molecule has 1 atom stereocenters. The largest absolute Gasteiger partial charge is 0.534 e. The van der Waals surface area contributed by atoms with Crippen LogP contribution in [0.2, 0.25) is 0 Å². The van der Waals surface area contributed by atoms with Crippen molar-refractivity contribution >= 4 is 10.1 Å². The van der Waals surface area contributed by atoms with E-state index in [4.69, 9.17) is 9.47 Å². The number of morpholine rings is 1. The summed E-state index contributed by atoms with van der Waals surface area (Å²) in [6.45, 7) is 6.28. The molecule has 0 N–H and O–H groups in total. The van der Waals surface area contributed by atoms with Gasteiger partial charge in [0.25, 0.3) is 0 Å². The molecule has 3 rings (SSSR count). The van der Waals surface area contributed by atoms with Gasteiger partial charge in [-0.25, -0.2) is 0 Å². The number of ether oxygens (including phenoxy) is 2. The van der Waals surface area contributed by atoms with Crippen molar-refractivity contribution in [3.8, 4) is 11.5 Å². The number of hydrogen-bond donors (Lipinski definition) is 0. The number of fused-ring (bicyclic) bond motifs is 1. The van der Waals surface area contributed by atoms with Crippen LogP contribution in [0.1, 0.15) is 19.4 Å². The van der Waals surface area contributed by atoms with Gasteiger partial charge in [0.1, 0.15) is 11.5 Å². The topological polar surface area (TPSA) is 65.1 Å². The van der Waals surface area contributed by atoms with E-state index in [0.717, 1.165) is 6.07 Å². The highest BCUT2D eigenvalue weighted by Crippen LogP contribution is 2.46. The van der Waals surface area contributed by atoms with Gasteiger partial charge in [0.2, 0.25) is 0 Å². The number of alkyl halides is 3. The van der Waals surface area contributed by atoms with E-state index in [-0.39, 0.29) is 6.23 Å². The lowest BCUT2D eigenvalue weighted by Gasteiger charge is -2.38. The highest BCUT2D eigenvalue weighted by Gasteiger charge is 2.49. The number of halogens is 3. The minimum absolute atomic E-state index is 0.319. The summed E-state index contributed by atoms with van der Waals surface area (Å²) in [7, 11) is -5.71.